The zero-order valence-corrected chi connectivity index (χ0v) is 10.1. The van der Waals surface area contributed by atoms with Gasteiger partial charge in [-0.05, 0) is 31.9 Å². The number of Topliss-reactive ketones (excluding diaryl/α,β-unsaturated/α-hetero) is 1. The van der Waals surface area contributed by atoms with E-state index in [-0.39, 0.29) is 18.9 Å². The average molecular weight is 221 g/mol. The molecule has 0 saturated heterocycles. The molecule has 16 heavy (non-hydrogen) atoms. The molecule has 0 saturated carbocycles. The number of hydrogen-bond donors (Lipinski definition) is 2. The molecule has 3 heteroatoms. The van der Waals surface area contributed by atoms with E-state index >= 15 is 0 Å². The van der Waals surface area contributed by atoms with Gasteiger partial charge in [0.2, 0.25) is 0 Å². The number of aliphatic hydroxyl groups excluding tert-OH is 1. The zero-order valence-electron chi connectivity index (χ0n) is 10.1. The molecule has 0 bridgehead atoms. The van der Waals surface area contributed by atoms with Gasteiger partial charge < -0.3 is 10.4 Å². The Morgan fingerprint density at radius 2 is 1.81 bits per heavy atom. The van der Waals surface area contributed by atoms with Crippen LogP contribution < -0.4 is 5.32 Å². The van der Waals surface area contributed by atoms with E-state index in [9.17, 15) is 4.79 Å². The first-order valence-corrected chi connectivity index (χ1v) is 5.49. The molecule has 2 N–H and O–H groups in total. The molecule has 0 amide bonds. The van der Waals surface area contributed by atoms with E-state index in [0.29, 0.717) is 6.54 Å². The van der Waals surface area contributed by atoms with E-state index in [1.54, 1.807) is 0 Å². The van der Waals surface area contributed by atoms with Crippen LogP contribution >= 0.6 is 0 Å². The summed E-state index contributed by atoms with van der Waals surface area (Å²) in [6.45, 7) is 6.73. The highest BCUT2D eigenvalue weighted by Gasteiger charge is 2.11. The third-order valence-corrected chi connectivity index (χ3v) is 2.53. The van der Waals surface area contributed by atoms with E-state index in [0.717, 1.165) is 16.7 Å². The molecule has 0 aliphatic rings. The van der Waals surface area contributed by atoms with E-state index in [1.165, 1.54) is 5.56 Å². The van der Waals surface area contributed by atoms with Crippen molar-refractivity contribution in [2.45, 2.75) is 20.8 Å². The Morgan fingerprint density at radius 1 is 1.25 bits per heavy atom. The standard InChI is InChI=1S/C13H19NO2/c1-9-6-10(2)13(11(3)7-9)12(16)8-14-4-5-15/h6-7,14-15H,4-5,8H2,1-3H3. The van der Waals surface area contributed by atoms with Crippen molar-refractivity contribution in [3.63, 3.8) is 0 Å². The molecule has 1 rings (SSSR count). The third-order valence-electron chi connectivity index (χ3n) is 2.53. The van der Waals surface area contributed by atoms with Crippen molar-refractivity contribution in [1.82, 2.24) is 5.32 Å². The lowest BCUT2D eigenvalue weighted by molar-refractivity contribution is 0.0988. The number of rotatable bonds is 5. The predicted molar refractivity (Wildman–Crippen MR) is 64.9 cm³/mol. The van der Waals surface area contributed by atoms with Crippen molar-refractivity contribution in [2.24, 2.45) is 0 Å². The number of nitrogens with one attached hydrogen (secondary N) is 1. The molecular formula is C13H19NO2. The minimum absolute atomic E-state index is 0.0547. The van der Waals surface area contributed by atoms with E-state index in [1.807, 2.05) is 32.9 Å². The number of benzene rings is 1. The monoisotopic (exact) mass is 221 g/mol. The number of carbonyl (C=O) groups is 1. The first kappa shape index (κ1) is 12.9. The maximum absolute atomic E-state index is 11.9. The van der Waals surface area contributed by atoms with Crippen LogP contribution in [-0.2, 0) is 0 Å². The number of aliphatic hydroxyl groups is 1. The van der Waals surface area contributed by atoms with E-state index in [2.05, 4.69) is 5.32 Å². The largest absolute Gasteiger partial charge is 0.395 e. The van der Waals surface area contributed by atoms with Crippen LogP contribution in [0, 0.1) is 20.8 Å². The number of carbonyl (C=O) groups excluding carboxylic acids is 1. The number of aryl methyl sites for hydroxylation is 3. The number of hydrogen-bond acceptors (Lipinski definition) is 3. The van der Waals surface area contributed by atoms with Crippen LogP contribution in [0.2, 0.25) is 0 Å². The summed E-state index contributed by atoms with van der Waals surface area (Å²) in [5.41, 5.74) is 4.02. The van der Waals surface area contributed by atoms with Gasteiger partial charge in [0.15, 0.2) is 5.78 Å². The fraction of sp³-hybridized carbons (Fsp3) is 0.462. The summed E-state index contributed by atoms with van der Waals surface area (Å²) in [6.07, 6.45) is 0. The number of ketones is 1. The van der Waals surface area contributed by atoms with Crippen LogP contribution in [0.15, 0.2) is 12.1 Å². The van der Waals surface area contributed by atoms with Gasteiger partial charge in [0.1, 0.15) is 0 Å². The molecule has 0 radical (unpaired) electrons. The minimum Gasteiger partial charge on any atom is -0.395 e. The van der Waals surface area contributed by atoms with Gasteiger partial charge >= 0.3 is 0 Å². The smallest absolute Gasteiger partial charge is 0.177 e. The summed E-state index contributed by atoms with van der Waals surface area (Å²) >= 11 is 0. The normalized spacial score (nSPS) is 10.5. The van der Waals surface area contributed by atoms with Crippen molar-refractivity contribution in [3.8, 4) is 0 Å². The Hall–Kier alpha value is -1.19. The molecule has 0 spiro atoms. The van der Waals surface area contributed by atoms with E-state index in [4.69, 9.17) is 5.11 Å². The highest BCUT2D eigenvalue weighted by Crippen LogP contribution is 2.16. The van der Waals surface area contributed by atoms with Crippen LogP contribution in [0.4, 0.5) is 0 Å². The van der Waals surface area contributed by atoms with Gasteiger partial charge in [-0.3, -0.25) is 4.79 Å². The van der Waals surface area contributed by atoms with Crippen molar-refractivity contribution in [2.75, 3.05) is 19.7 Å². The van der Waals surface area contributed by atoms with Crippen molar-refractivity contribution in [1.29, 1.82) is 0 Å². The summed E-state index contributed by atoms with van der Waals surface area (Å²) in [4.78, 5) is 11.9. The first-order valence-electron chi connectivity index (χ1n) is 5.49. The third kappa shape index (κ3) is 3.15. The minimum atomic E-state index is 0.0547. The Morgan fingerprint density at radius 3 is 2.31 bits per heavy atom. The van der Waals surface area contributed by atoms with Crippen molar-refractivity contribution >= 4 is 5.78 Å². The van der Waals surface area contributed by atoms with Crippen LogP contribution in [0.25, 0.3) is 0 Å². The van der Waals surface area contributed by atoms with Gasteiger partial charge in [0.05, 0.1) is 13.2 Å². The molecular weight excluding hydrogens is 202 g/mol. The second kappa shape index (κ2) is 5.77. The van der Waals surface area contributed by atoms with Gasteiger partial charge in [-0.2, -0.15) is 0 Å². The topological polar surface area (TPSA) is 49.3 Å². The molecule has 0 aromatic heterocycles. The van der Waals surface area contributed by atoms with Crippen LogP contribution in [0.3, 0.4) is 0 Å². The van der Waals surface area contributed by atoms with E-state index < -0.39 is 0 Å². The predicted octanol–water partition coefficient (Wildman–Crippen LogP) is 1.38. The van der Waals surface area contributed by atoms with Crippen molar-refractivity contribution < 1.29 is 9.90 Å². The van der Waals surface area contributed by atoms with Gasteiger partial charge in [-0.1, -0.05) is 17.7 Å². The highest BCUT2D eigenvalue weighted by atomic mass is 16.3. The van der Waals surface area contributed by atoms with Crippen LogP contribution in [-0.4, -0.2) is 30.6 Å². The lowest BCUT2D eigenvalue weighted by atomic mass is 9.96. The van der Waals surface area contributed by atoms with Crippen LogP contribution in [0.1, 0.15) is 27.0 Å². The summed E-state index contributed by atoms with van der Waals surface area (Å²) in [5, 5.41) is 11.5. The molecule has 0 aliphatic carbocycles. The summed E-state index contributed by atoms with van der Waals surface area (Å²) < 4.78 is 0. The summed E-state index contributed by atoms with van der Waals surface area (Å²) in [7, 11) is 0. The Bertz CT molecular complexity index is 363. The quantitative estimate of drug-likeness (QED) is 0.583. The fourth-order valence-electron chi connectivity index (χ4n) is 1.99. The molecule has 0 aliphatic heterocycles. The molecule has 88 valence electrons. The SMILES string of the molecule is Cc1cc(C)c(C(=O)CNCCO)c(C)c1. The maximum atomic E-state index is 11.9. The van der Waals surface area contributed by atoms with Crippen molar-refractivity contribution in [3.05, 3.63) is 34.4 Å². The van der Waals surface area contributed by atoms with Gasteiger partial charge in [-0.15, -0.1) is 0 Å². The highest BCUT2D eigenvalue weighted by molar-refractivity contribution is 6.00. The summed E-state index contributed by atoms with van der Waals surface area (Å²) in [6, 6.07) is 4.04. The fourth-order valence-corrected chi connectivity index (χ4v) is 1.99. The van der Waals surface area contributed by atoms with Crippen LogP contribution in [0.5, 0.6) is 0 Å². The lowest BCUT2D eigenvalue weighted by Crippen LogP contribution is -2.26. The van der Waals surface area contributed by atoms with Gasteiger partial charge in [-0.25, -0.2) is 0 Å². The molecule has 1 aromatic rings. The first-order chi connectivity index (χ1) is 7.56. The maximum Gasteiger partial charge on any atom is 0.177 e. The summed E-state index contributed by atoms with van der Waals surface area (Å²) in [5.74, 6) is 0.0865. The van der Waals surface area contributed by atoms with Gasteiger partial charge in [0, 0.05) is 12.1 Å². The van der Waals surface area contributed by atoms with Gasteiger partial charge in [0.25, 0.3) is 0 Å². The Kier molecular flexibility index (Phi) is 4.65. The molecule has 0 unspecified atom stereocenters. The zero-order chi connectivity index (χ0) is 12.1. The second-order valence-electron chi connectivity index (χ2n) is 4.10. The Labute approximate surface area is 96.5 Å². The second-order valence-corrected chi connectivity index (χ2v) is 4.10. The molecule has 0 atom stereocenters. The Balaban J connectivity index is 2.83. The molecule has 0 fully saturated rings. The molecule has 3 nitrogen and oxygen atoms in total. The average Bonchev–Trinajstić information content (AvgIpc) is 2.16. The molecule has 1 aromatic carbocycles. The lowest BCUT2D eigenvalue weighted by Gasteiger charge is -2.10. The molecule has 0 heterocycles.